The minimum absolute atomic E-state index is 0.194. The van der Waals surface area contributed by atoms with Crippen LogP contribution in [0.2, 0.25) is 0 Å². The third-order valence-electron chi connectivity index (χ3n) is 4.99. The summed E-state index contributed by atoms with van der Waals surface area (Å²) in [5.41, 5.74) is 1.93. The first-order valence-electron chi connectivity index (χ1n) is 10.5. The second kappa shape index (κ2) is 10.6. The maximum atomic E-state index is 12.8. The number of ether oxygens (including phenoxy) is 2. The van der Waals surface area contributed by atoms with E-state index < -0.39 is 0 Å². The number of benzene rings is 2. The molecule has 2 aromatic carbocycles. The van der Waals surface area contributed by atoms with Crippen LogP contribution in [0.5, 0.6) is 11.5 Å². The summed E-state index contributed by atoms with van der Waals surface area (Å²) < 4.78 is 13.7. The minimum atomic E-state index is -0.355. The number of rotatable bonds is 7. The van der Waals surface area contributed by atoms with Gasteiger partial charge in [0.1, 0.15) is 22.8 Å². The van der Waals surface area contributed by atoms with Gasteiger partial charge in [0.2, 0.25) is 0 Å². The van der Waals surface area contributed by atoms with Crippen LogP contribution in [0.3, 0.4) is 0 Å². The SMILES string of the molecule is COc1ccccc1NC(=O)/C=c1\s/c(=C\c2ccccc2OCc2ccccn2)c(=O)n1C. The molecule has 172 valence electrons. The van der Waals surface area contributed by atoms with Gasteiger partial charge in [-0.05, 0) is 36.4 Å². The zero-order valence-corrected chi connectivity index (χ0v) is 19.5. The largest absolute Gasteiger partial charge is 0.495 e. The van der Waals surface area contributed by atoms with Gasteiger partial charge in [-0.1, -0.05) is 36.4 Å². The zero-order chi connectivity index (χ0) is 23.9. The van der Waals surface area contributed by atoms with Crippen LogP contribution < -0.4 is 29.5 Å². The summed E-state index contributed by atoms with van der Waals surface area (Å²) >= 11 is 1.23. The Hall–Kier alpha value is -4.17. The molecule has 1 amide bonds. The van der Waals surface area contributed by atoms with E-state index in [0.29, 0.717) is 33.0 Å². The Bertz CT molecular complexity index is 1480. The van der Waals surface area contributed by atoms with E-state index in [1.807, 2.05) is 48.5 Å². The minimum Gasteiger partial charge on any atom is -0.495 e. The van der Waals surface area contributed by atoms with E-state index in [2.05, 4.69) is 10.3 Å². The van der Waals surface area contributed by atoms with Crippen molar-refractivity contribution in [1.82, 2.24) is 9.55 Å². The van der Waals surface area contributed by atoms with Crippen molar-refractivity contribution in [2.75, 3.05) is 12.4 Å². The smallest absolute Gasteiger partial charge is 0.268 e. The van der Waals surface area contributed by atoms with Crippen molar-refractivity contribution < 1.29 is 14.3 Å². The zero-order valence-electron chi connectivity index (χ0n) is 18.7. The van der Waals surface area contributed by atoms with Crippen LogP contribution in [-0.4, -0.2) is 22.6 Å². The van der Waals surface area contributed by atoms with Gasteiger partial charge in [0.25, 0.3) is 11.5 Å². The lowest BCUT2D eigenvalue weighted by atomic mass is 10.2. The number of pyridine rings is 1. The van der Waals surface area contributed by atoms with Gasteiger partial charge in [0.15, 0.2) is 0 Å². The predicted molar refractivity (Wildman–Crippen MR) is 133 cm³/mol. The molecule has 4 rings (SSSR count). The van der Waals surface area contributed by atoms with Gasteiger partial charge in [-0.2, -0.15) is 0 Å². The molecule has 2 heterocycles. The van der Waals surface area contributed by atoms with E-state index in [4.69, 9.17) is 9.47 Å². The van der Waals surface area contributed by atoms with Crippen LogP contribution in [0, 0.1) is 0 Å². The molecule has 1 N–H and O–H groups in total. The number of hydrogen-bond acceptors (Lipinski definition) is 6. The Labute approximate surface area is 200 Å². The van der Waals surface area contributed by atoms with Crippen molar-refractivity contribution in [3.05, 3.63) is 104 Å². The van der Waals surface area contributed by atoms with E-state index in [1.54, 1.807) is 37.5 Å². The molecule has 0 bridgehead atoms. The lowest BCUT2D eigenvalue weighted by Crippen LogP contribution is -2.29. The highest BCUT2D eigenvalue weighted by Gasteiger charge is 2.08. The topological polar surface area (TPSA) is 82.5 Å². The Kier molecular flexibility index (Phi) is 7.19. The van der Waals surface area contributed by atoms with Gasteiger partial charge in [0, 0.05) is 24.9 Å². The molecule has 4 aromatic rings. The molecule has 0 saturated carbocycles. The van der Waals surface area contributed by atoms with Crippen molar-refractivity contribution in [1.29, 1.82) is 0 Å². The van der Waals surface area contributed by atoms with E-state index in [-0.39, 0.29) is 11.5 Å². The van der Waals surface area contributed by atoms with Crippen molar-refractivity contribution in [3.63, 3.8) is 0 Å². The van der Waals surface area contributed by atoms with E-state index in [1.165, 1.54) is 29.1 Å². The second-order valence-electron chi connectivity index (χ2n) is 7.29. The molecule has 0 unspecified atom stereocenters. The predicted octanol–water partition coefficient (Wildman–Crippen LogP) is 2.68. The number of nitrogens with one attached hydrogen (secondary N) is 1. The third-order valence-corrected chi connectivity index (χ3v) is 6.10. The average Bonchev–Trinajstić information content (AvgIpc) is 3.12. The molecule has 0 radical (unpaired) electrons. The Morgan fingerprint density at radius 2 is 1.79 bits per heavy atom. The van der Waals surface area contributed by atoms with Crippen molar-refractivity contribution in [2.45, 2.75) is 6.61 Å². The Balaban J connectivity index is 1.61. The fraction of sp³-hybridized carbons (Fsp3) is 0.115. The van der Waals surface area contributed by atoms with Gasteiger partial charge < -0.3 is 19.4 Å². The summed E-state index contributed by atoms with van der Waals surface area (Å²) in [6.07, 6.45) is 4.89. The summed E-state index contributed by atoms with van der Waals surface area (Å²) in [6, 6.07) is 20.3. The summed E-state index contributed by atoms with van der Waals surface area (Å²) in [4.78, 5) is 29.7. The molecular weight excluding hydrogens is 450 g/mol. The number of carbonyl (C=O) groups is 1. The lowest BCUT2D eigenvalue weighted by Gasteiger charge is -2.08. The van der Waals surface area contributed by atoms with Crippen LogP contribution in [-0.2, 0) is 18.4 Å². The van der Waals surface area contributed by atoms with Gasteiger partial charge in [0.05, 0.1) is 23.0 Å². The average molecular weight is 474 g/mol. The molecule has 34 heavy (non-hydrogen) atoms. The molecule has 0 aliphatic rings. The van der Waals surface area contributed by atoms with Gasteiger partial charge in [-0.15, -0.1) is 11.3 Å². The molecule has 8 heteroatoms. The number of aromatic nitrogens is 2. The van der Waals surface area contributed by atoms with Gasteiger partial charge in [-0.25, -0.2) is 0 Å². The normalized spacial score (nSPS) is 11.9. The highest BCUT2D eigenvalue weighted by Crippen LogP contribution is 2.23. The molecule has 0 aliphatic heterocycles. The number of amides is 1. The Morgan fingerprint density at radius 1 is 1.06 bits per heavy atom. The number of thiazole rings is 1. The van der Waals surface area contributed by atoms with Crippen LogP contribution in [0.15, 0.2) is 77.7 Å². The third kappa shape index (κ3) is 5.41. The lowest BCUT2D eigenvalue weighted by molar-refractivity contribution is -0.110. The first-order chi connectivity index (χ1) is 16.5. The molecule has 0 atom stereocenters. The molecule has 0 aliphatic carbocycles. The molecule has 2 aromatic heterocycles. The van der Waals surface area contributed by atoms with Gasteiger partial charge in [-0.3, -0.25) is 14.6 Å². The standard InChI is InChI=1S/C26H23N3O4S/c1-29-25(16-24(30)28-20-11-4-6-13-22(20)32-2)34-23(26(29)31)15-18-9-3-5-12-21(18)33-17-19-10-7-8-14-27-19/h3-16H,17H2,1-2H3,(H,28,30)/b23-15-,25-16-. The van der Waals surface area contributed by atoms with Crippen molar-refractivity contribution in [2.24, 2.45) is 7.05 Å². The Morgan fingerprint density at radius 3 is 2.56 bits per heavy atom. The number of nitrogens with zero attached hydrogens (tertiary/aromatic N) is 2. The summed E-state index contributed by atoms with van der Waals surface area (Å²) in [6.45, 7) is 0.316. The van der Waals surface area contributed by atoms with Crippen LogP contribution in [0.4, 0.5) is 5.69 Å². The number of hydrogen-bond donors (Lipinski definition) is 1. The summed E-state index contributed by atoms with van der Waals surface area (Å²) in [5, 5.41) is 2.79. The van der Waals surface area contributed by atoms with E-state index >= 15 is 0 Å². The van der Waals surface area contributed by atoms with Crippen LogP contribution in [0.1, 0.15) is 11.3 Å². The van der Waals surface area contributed by atoms with Crippen molar-refractivity contribution in [3.8, 4) is 11.5 Å². The molecule has 0 spiro atoms. The highest BCUT2D eigenvalue weighted by atomic mass is 32.1. The van der Waals surface area contributed by atoms with E-state index in [9.17, 15) is 9.59 Å². The monoisotopic (exact) mass is 473 g/mol. The number of para-hydroxylation sites is 3. The summed E-state index contributed by atoms with van der Waals surface area (Å²) in [5.74, 6) is 0.843. The molecule has 0 fully saturated rings. The maximum Gasteiger partial charge on any atom is 0.268 e. The summed E-state index contributed by atoms with van der Waals surface area (Å²) in [7, 11) is 3.18. The fourth-order valence-electron chi connectivity index (χ4n) is 3.24. The van der Waals surface area contributed by atoms with E-state index in [0.717, 1.165) is 11.3 Å². The van der Waals surface area contributed by atoms with Crippen LogP contribution >= 0.6 is 11.3 Å². The fourth-order valence-corrected chi connectivity index (χ4v) is 4.27. The molecule has 7 nitrogen and oxygen atoms in total. The second-order valence-corrected chi connectivity index (χ2v) is 8.36. The number of anilines is 1. The van der Waals surface area contributed by atoms with Crippen molar-refractivity contribution >= 4 is 35.1 Å². The number of carbonyl (C=O) groups excluding carboxylic acids is 1. The highest BCUT2D eigenvalue weighted by molar-refractivity contribution is 7.07. The number of methoxy groups -OCH3 is 1. The van der Waals surface area contributed by atoms with Gasteiger partial charge >= 0.3 is 0 Å². The quantitative estimate of drug-likeness (QED) is 0.446. The molecular formula is C26H23N3O4S. The molecule has 0 saturated heterocycles. The van der Waals surface area contributed by atoms with Crippen LogP contribution in [0.25, 0.3) is 12.2 Å². The maximum absolute atomic E-state index is 12.8. The first kappa shape index (κ1) is 23.0. The first-order valence-corrected chi connectivity index (χ1v) is 11.3.